The lowest BCUT2D eigenvalue weighted by molar-refractivity contribution is -0.148. The van der Waals surface area contributed by atoms with Gasteiger partial charge in [0.05, 0.1) is 13.0 Å². The predicted octanol–water partition coefficient (Wildman–Crippen LogP) is 1.08. The van der Waals surface area contributed by atoms with E-state index in [1.807, 2.05) is 6.92 Å². The number of esters is 1. The van der Waals surface area contributed by atoms with E-state index in [1.54, 1.807) is 0 Å². The maximum absolute atomic E-state index is 12.3. The van der Waals surface area contributed by atoms with Gasteiger partial charge in [0.2, 0.25) is 10.0 Å². The first-order chi connectivity index (χ1) is 11.7. The van der Waals surface area contributed by atoms with Gasteiger partial charge in [-0.25, -0.2) is 12.7 Å². The highest BCUT2D eigenvalue weighted by molar-refractivity contribution is 7.89. The number of carbonyl (C=O) groups is 2. The fraction of sp³-hybridized carbons (Fsp3) is 0.500. The minimum atomic E-state index is -3.74. The summed E-state index contributed by atoms with van der Waals surface area (Å²) in [6.45, 7) is 1.53. The number of benzene rings is 1. The highest BCUT2D eigenvalue weighted by Gasteiger charge is 2.40. The van der Waals surface area contributed by atoms with E-state index in [9.17, 15) is 18.0 Å². The summed E-state index contributed by atoms with van der Waals surface area (Å²) >= 11 is 0. The largest absolute Gasteiger partial charge is 0.495 e. The molecular weight excluding hydrogens is 348 g/mol. The number of nitrogens with one attached hydrogen (secondary N) is 1. The van der Waals surface area contributed by atoms with Crippen molar-refractivity contribution < 1.29 is 27.5 Å². The van der Waals surface area contributed by atoms with E-state index in [0.29, 0.717) is 5.92 Å². The van der Waals surface area contributed by atoms with Crippen LogP contribution in [0, 0.1) is 11.8 Å². The van der Waals surface area contributed by atoms with Crippen LogP contribution in [0.25, 0.3) is 0 Å². The van der Waals surface area contributed by atoms with E-state index in [4.69, 9.17) is 9.47 Å². The molecule has 9 heteroatoms. The van der Waals surface area contributed by atoms with Crippen molar-refractivity contribution in [1.82, 2.24) is 4.31 Å². The molecule has 1 aliphatic carbocycles. The number of sulfonamides is 1. The van der Waals surface area contributed by atoms with Crippen molar-refractivity contribution >= 4 is 27.6 Å². The fourth-order valence-electron chi connectivity index (χ4n) is 2.24. The molecule has 0 spiro atoms. The highest BCUT2D eigenvalue weighted by Crippen LogP contribution is 2.38. The van der Waals surface area contributed by atoms with Gasteiger partial charge in [-0.05, 0) is 30.5 Å². The van der Waals surface area contributed by atoms with Crippen molar-refractivity contribution in [3.63, 3.8) is 0 Å². The van der Waals surface area contributed by atoms with Gasteiger partial charge in [-0.3, -0.25) is 9.59 Å². The molecule has 2 rings (SSSR count). The van der Waals surface area contributed by atoms with Crippen molar-refractivity contribution in [2.24, 2.45) is 11.8 Å². The number of nitrogens with zero attached hydrogens (tertiary/aromatic N) is 1. The average Bonchev–Trinajstić information content (AvgIpc) is 3.29. The van der Waals surface area contributed by atoms with Crippen LogP contribution in [0.3, 0.4) is 0 Å². The lowest BCUT2D eigenvalue weighted by Gasteiger charge is -2.16. The normalized spacial score (nSPS) is 19.4. The first-order valence-corrected chi connectivity index (χ1v) is 9.18. The molecule has 0 aliphatic heterocycles. The topological polar surface area (TPSA) is 102 Å². The summed E-state index contributed by atoms with van der Waals surface area (Å²) in [6, 6.07) is 4.26. The number of carbonyl (C=O) groups excluding carboxylic acids is 2. The van der Waals surface area contributed by atoms with Crippen molar-refractivity contribution in [2.45, 2.75) is 18.2 Å². The maximum Gasteiger partial charge on any atom is 0.309 e. The number of hydrogen-bond donors (Lipinski definition) is 1. The Morgan fingerprint density at radius 2 is 1.96 bits per heavy atom. The van der Waals surface area contributed by atoms with Gasteiger partial charge in [0.15, 0.2) is 6.61 Å². The van der Waals surface area contributed by atoms with Crippen LogP contribution < -0.4 is 10.1 Å². The fourth-order valence-corrected chi connectivity index (χ4v) is 3.32. The van der Waals surface area contributed by atoms with Crippen LogP contribution >= 0.6 is 0 Å². The summed E-state index contributed by atoms with van der Waals surface area (Å²) in [6.07, 6.45) is 0.782. The van der Waals surface area contributed by atoms with Gasteiger partial charge in [0, 0.05) is 19.8 Å². The molecule has 1 aromatic carbocycles. The Labute approximate surface area is 147 Å². The molecule has 1 saturated carbocycles. The van der Waals surface area contributed by atoms with Gasteiger partial charge >= 0.3 is 5.97 Å². The first-order valence-electron chi connectivity index (χ1n) is 7.74. The van der Waals surface area contributed by atoms with Crippen LogP contribution in [-0.2, 0) is 24.3 Å². The van der Waals surface area contributed by atoms with Crippen LogP contribution in [0.1, 0.15) is 13.3 Å². The molecule has 1 aliphatic rings. The third-order valence-corrected chi connectivity index (χ3v) is 5.80. The molecule has 1 amide bonds. The highest BCUT2D eigenvalue weighted by atomic mass is 32.2. The summed E-state index contributed by atoms with van der Waals surface area (Å²) in [7, 11) is 0.423. The molecule has 0 unspecified atom stereocenters. The van der Waals surface area contributed by atoms with Gasteiger partial charge in [-0.15, -0.1) is 0 Å². The molecule has 1 N–H and O–H groups in total. The van der Waals surface area contributed by atoms with Gasteiger partial charge in [-0.2, -0.15) is 0 Å². The quantitative estimate of drug-likeness (QED) is 0.721. The smallest absolute Gasteiger partial charge is 0.309 e. The lowest BCUT2D eigenvalue weighted by Crippen LogP contribution is -2.24. The molecule has 2 atom stereocenters. The molecule has 138 valence electrons. The summed E-state index contributed by atoms with van der Waals surface area (Å²) in [5.41, 5.74) is 0.266. The zero-order valence-corrected chi connectivity index (χ0v) is 15.4. The standard InChI is InChI=1S/C16H22N2O6S/c1-10-7-12(10)16(20)24-9-15(19)17-11-5-6-13(23-4)14(8-11)25(21,22)18(2)3/h5-6,8,10,12H,7,9H2,1-4H3,(H,17,19)/t10-,12+/m0/s1. The SMILES string of the molecule is COc1ccc(NC(=O)COC(=O)[C@@H]2C[C@@H]2C)cc1S(=O)(=O)N(C)C. The third-order valence-electron chi connectivity index (χ3n) is 3.96. The minimum absolute atomic E-state index is 0.0680. The molecule has 1 aromatic rings. The van der Waals surface area contributed by atoms with E-state index >= 15 is 0 Å². The Balaban J connectivity index is 2.07. The van der Waals surface area contributed by atoms with Crippen molar-refractivity contribution in [1.29, 1.82) is 0 Å². The Morgan fingerprint density at radius 3 is 2.48 bits per heavy atom. The molecule has 0 aromatic heterocycles. The number of rotatable bonds is 7. The summed E-state index contributed by atoms with van der Waals surface area (Å²) in [5, 5.41) is 2.52. The van der Waals surface area contributed by atoms with E-state index in [1.165, 1.54) is 39.4 Å². The second-order valence-corrected chi connectivity index (χ2v) is 8.25. The van der Waals surface area contributed by atoms with Crippen LogP contribution in [-0.4, -0.2) is 52.4 Å². The Bertz CT molecular complexity index is 775. The molecule has 0 bridgehead atoms. The Morgan fingerprint density at radius 1 is 1.32 bits per heavy atom. The van der Waals surface area contributed by atoms with E-state index in [2.05, 4.69) is 5.32 Å². The van der Waals surface area contributed by atoms with Gasteiger partial charge < -0.3 is 14.8 Å². The Hall–Kier alpha value is -2.13. The summed E-state index contributed by atoms with van der Waals surface area (Å²) in [5.74, 6) is -0.573. The third kappa shape index (κ3) is 4.49. The van der Waals surface area contributed by atoms with E-state index < -0.39 is 22.5 Å². The van der Waals surface area contributed by atoms with Crippen molar-refractivity contribution in [2.75, 3.05) is 33.1 Å². The van der Waals surface area contributed by atoms with E-state index in [-0.39, 0.29) is 28.2 Å². The lowest BCUT2D eigenvalue weighted by atomic mass is 10.3. The molecule has 0 heterocycles. The minimum Gasteiger partial charge on any atom is -0.495 e. The number of hydrogen-bond acceptors (Lipinski definition) is 6. The number of methoxy groups -OCH3 is 1. The number of amides is 1. The molecule has 1 fully saturated rings. The first kappa shape index (κ1) is 19.2. The van der Waals surface area contributed by atoms with Gasteiger partial charge in [0.25, 0.3) is 5.91 Å². The monoisotopic (exact) mass is 370 g/mol. The molecule has 0 radical (unpaired) electrons. The second kappa shape index (κ2) is 7.40. The Kier molecular flexibility index (Phi) is 5.69. The van der Waals surface area contributed by atoms with Crippen LogP contribution in [0.2, 0.25) is 0 Å². The molecular formula is C16H22N2O6S. The number of ether oxygens (including phenoxy) is 2. The average molecular weight is 370 g/mol. The number of anilines is 1. The van der Waals surface area contributed by atoms with Crippen LogP contribution in [0.4, 0.5) is 5.69 Å². The van der Waals surface area contributed by atoms with Crippen LogP contribution in [0.15, 0.2) is 23.1 Å². The maximum atomic E-state index is 12.3. The molecule has 25 heavy (non-hydrogen) atoms. The zero-order chi connectivity index (χ0) is 18.8. The van der Waals surface area contributed by atoms with Crippen molar-refractivity contribution in [3.05, 3.63) is 18.2 Å². The van der Waals surface area contributed by atoms with Crippen molar-refractivity contribution in [3.8, 4) is 5.75 Å². The summed E-state index contributed by atoms with van der Waals surface area (Å²) < 4.78 is 35.8. The summed E-state index contributed by atoms with van der Waals surface area (Å²) in [4.78, 5) is 23.5. The molecule has 8 nitrogen and oxygen atoms in total. The van der Waals surface area contributed by atoms with E-state index in [0.717, 1.165) is 10.7 Å². The predicted molar refractivity (Wildman–Crippen MR) is 90.7 cm³/mol. The zero-order valence-electron chi connectivity index (χ0n) is 14.6. The van der Waals surface area contributed by atoms with Gasteiger partial charge in [-0.1, -0.05) is 6.92 Å². The van der Waals surface area contributed by atoms with Gasteiger partial charge in [0.1, 0.15) is 10.6 Å². The molecule has 0 saturated heterocycles. The second-order valence-electron chi connectivity index (χ2n) is 6.13. The van der Waals surface area contributed by atoms with Crippen LogP contribution in [0.5, 0.6) is 5.75 Å².